The van der Waals surface area contributed by atoms with Crippen molar-refractivity contribution < 1.29 is 9.34 Å². The van der Waals surface area contributed by atoms with E-state index in [0.29, 0.717) is 23.9 Å². The van der Waals surface area contributed by atoms with Gasteiger partial charge in [0.1, 0.15) is 5.82 Å². The molecule has 0 radical (unpaired) electrons. The van der Waals surface area contributed by atoms with Crippen LogP contribution in [0.4, 0.5) is 5.69 Å². The average molecular weight is 372 g/mol. The van der Waals surface area contributed by atoms with Gasteiger partial charge in [-0.15, -0.1) is 27.0 Å². The summed E-state index contributed by atoms with van der Waals surface area (Å²) in [5.74, 6) is 1.55. The van der Waals surface area contributed by atoms with Gasteiger partial charge in [-0.1, -0.05) is 17.8 Å². The van der Waals surface area contributed by atoms with E-state index in [4.69, 9.17) is 4.42 Å². The van der Waals surface area contributed by atoms with Crippen molar-refractivity contribution in [3.05, 3.63) is 58.7 Å². The maximum absolute atomic E-state index is 10.7. The van der Waals surface area contributed by atoms with Crippen LogP contribution in [0, 0.1) is 17.0 Å². The number of aryl methyl sites for hydroxylation is 1. The van der Waals surface area contributed by atoms with Crippen LogP contribution in [-0.2, 0) is 6.54 Å². The van der Waals surface area contributed by atoms with E-state index >= 15 is 0 Å². The lowest BCUT2D eigenvalue weighted by atomic mass is 10.2. The molecule has 0 aliphatic rings. The van der Waals surface area contributed by atoms with Gasteiger partial charge in [0.2, 0.25) is 11.8 Å². The van der Waals surface area contributed by atoms with E-state index in [2.05, 4.69) is 27.0 Å². The van der Waals surface area contributed by atoms with Crippen molar-refractivity contribution in [1.82, 2.24) is 25.0 Å². The summed E-state index contributed by atoms with van der Waals surface area (Å²) in [4.78, 5) is 10.3. The number of hydrogen-bond donors (Lipinski definition) is 0. The van der Waals surface area contributed by atoms with Crippen LogP contribution in [0.2, 0.25) is 0 Å². The third-order valence-corrected chi connectivity index (χ3v) is 4.68. The molecule has 0 saturated carbocycles. The predicted octanol–water partition coefficient (Wildman–Crippen LogP) is 3.58. The molecule has 9 nitrogen and oxygen atoms in total. The van der Waals surface area contributed by atoms with E-state index in [1.807, 2.05) is 18.4 Å². The maximum Gasteiger partial charge on any atom is 0.269 e. The highest BCUT2D eigenvalue weighted by Crippen LogP contribution is 2.34. The van der Waals surface area contributed by atoms with E-state index in [0.717, 1.165) is 11.0 Å². The summed E-state index contributed by atoms with van der Waals surface area (Å²) in [5, 5.41) is 27.7. The first kappa shape index (κ1) is 17.8. The fourth-order valence-electron chi connectivity index (χ4n) is 2.24. The molecular weight excluding hydrogens is 356 g/mol. The van der Waals surface area contributed by atoms with Crippen LogP contribution >= 0.6 is 11.8 Å². The summed E-state index contributed by atoms with van der Waals surface area (Å²) in [6, 6.07) is 5.96. The number of nitro groups is 1. The molecule has 1 atom stereocenters. The highest BCUT2D eigenvalue weighted by Gasteiger charge is 2.20. The summed E-state index contributed by atoms with van der Waals surface area (Å²) in [6.07, 6.45) is 1.78. The van der Waals surface area contributed by atoms with Crippen LogP contribution < -0.4 is 0 Å². The van der Waals surface area contributed by atoms with Crippen molar-refractivity contribution in [3.8, 4) is 11.5 Å². The third-order valence-electron chi connectivity index (χ3n) is 3.61. The summed E-state index contributed by atoms with van der Waals surface area (Å²) in [6.45, 7) is 8.17. The van der Waals surface area contributed by atoms with Gasteiger partial charge in [0.05, 0.1) is 10.2 Å². The van der Waals surface area contributed by atoms with E-state index in [-0.39, 0.29) is 10.9 Å². The van der Waals surface area contributed by atoms with Gasteiger partial charge in [-0.05, 0) is 26.0 Å². The molecule has 0 amide bonds. The Morgan fingerprint density at radius 2 is 2.04 bits per heavy atom. The lowest BCUT2D eigenvalue weighted by molar-refractivity contribution is -0.384. The SMILES string of the molecule is C=CCn1c(C)nnc1SC(C)c1nnc(-c2ccc([N+](=O)[O-])cc2)o1. The van der Waals surface area contributed by atoms with Gasteiger partial charge in [0.25, 0.3) is 5.69 Å². The predicted molar refractivity (Wildman–Crippen MR) is 95.6 cm³/mol. The molecule has 0 bridgehead atoms. The molecule has 0 aliphatic carbocycles. The molecule has 2 heterocycles. The number of aromatic nitrogens is 5. The van der Waals surface area contributed by atoms with Gasteiger partial charge in [-0.25, -0.2) is 0 Å². The minimum absolute atomic E-state index is 0.00865. The van der Waals surface area contributed by atoms with Gasteiger partial charge in [0, 0.05) is 24.2 Å². The van der Waals surface area contributed by atoms with Gasteiger partial charge in [-0.3, -0.25) is 10.1 Å². The lowest BCUT2D eigenvalue weighted by Crippen LogP contribution is -2.01. The number of nitro benzene ring substituents is 1. The van der Waals surface area contributed by atoms with Crippen molar-refractivity contribution in [2.24, 2.45) is 0 Å². The van der Waals surface area contributed by atoms with Crippen LogP contribution in [-0.4, -0.2) is 29.9 Å². The Labute approximate surface area is 153 Å². The second kappa shape index (κ2) is 7.48. The van der Waals surface area contributed by atoms with Gasteiger partial charge >= 0.3 is 0 Å². The molecule has 0 aliphatic heterocycles. The first-order valence-corrected chi connectivity index (χ1v) is 8.63. The van der Waals surface area contributed by atoms with Crippen LogP contribution in [0.15, 0.2) is 46.5 Å². The van der Waals surface area contributed by atoms with E-state index in [9.17, 15) is 10.1 Å². The van der Waals surface area contributed by atoms with Crippen molar-refractivity contribution >= 4 is 17.4 Å². The fourth-order valence-corrected chi connectivity index (χ4v) is 3.17. The summed E-state index contributed by atoms with van der Waals surface area (Å²) < 4.78 is 7.67. The topological polar surface area (TPSA) is 113 Å². The van der Waals surface area contributed by atoms with E-state index < -0.39 is 4.92 Å². The summed E-state index contributed by atoms with van der Waals surface area (Å²) in [5.41, 5.74) is 0.631. The van der Waals surface area contributed by atoms with Crippen LogP contribution in [0.25, 0.3) is 11.5 Å². The molecule has 3 aromatic rings. The minimum Gasteiger partial charge on any atom is -0.419 e. The molecule has 0 N–H and O–H groups in total. The number of rotatable bonds is 7. The molecule has 2 aromatic heterocycles. The van der Waals surface area contributed by atoms with Crippen molar-refractivity contribution in [1.29, 1.82) is 0 Å². The Balaban J connectivity index is 1.77. The minimum atomic E-state index is -0.455. The van der Waals surface area contributed by atoms with E-state index in [1.165, 1.54) is 23.9 Å². The number of nitrogens with zero attached hydrogens (tertiary/aromatic N) is 6. The molecule has 134 valence electrons. The van der Waals surface area contributed by atoms with Gasteiger partial charge in [-0.2, -0.15) is 0 Å². The number of allylic oxidation sites excluding steroid dienone is 1. The Hall–Kier alpha value is -3.01. The molecule has 26 heavy (non-hydrogen) atoms. The zero-order valence-electron chi connectivity index (χ0n) is 14.2. The van der Waals surface area contributed by atoms with Crippen LogP contribution in [0.3, 0.4) is 0 Å². The van der Waals surface area contributed by atoms with Gasteiger partial charge in [0.15, 0.2) is 5.16 Å². The molecule has 0 fully saturated rings. The zero-order chi connectivity index (χ0) is 18.7. The Morgan fingerprint density at radius 1 is 1.31 bits per heavy atom. The maximum atomic E-state index is 10.7. The highest BCUT2D eigenvalue weighted by molar-refractivity contribution is 7.99. The van der Waals surface area contributed by atoms with Crippen molar-refractivity contribution in [3.63, 3.8) is 0 Å². The molecule has 10 heteroatoms. The molecule has 0 saturated heterocycles. The molecular formula is C16H16N6O3S. The molecule has 1 unspecified atom stereocenters. The largest absolute Gasteiger partial charge is 0.419 e. The smallest absolute Gasteiger partial charge is 0.269 e. The number of benzene rings is 1. The van der Waals surface area contributed by atoms with Crippen molar-refractivity contribution in [2.75, 3.05) is 0 Å². The summed E-state index contributed by atoms with van der Waals surface area (Å²) in [7, 11) is 0. The van der Waals surface area contributed by atoms with Crippen LogP contribution in [0.5, 0.6) is 0 Å². The monoisotopic (exact) mass is 372 g/mol. The number of hydrogen-bond acceptors (Lipinski definition) is 8. The fraction of sp³-hybridized carbons (Fsp3) is 0.250. The molecule has 1 aromatic carbocycles. The van der Waals surface area contributed by atoms with Gasteiger partial charge < -0.3 is 8.98 Å². The number of thioether (sulfide) groups is 1. The second-order valence-electron chi connectivity index (χ2n) is 5.44. The lowest BCUT2D eigenvalue weighted by Gasteiger charge is -2.08. The summed E-state index contributed by atoms with van der Waals surface area (Å²) >= 11 is 1.45. The Kier molecular flexibility index (Phi) is 5.12. The Bertz CT molecular complexity index is 934. The van der Waals surface area contributed by atoms with Crippen LogP contribution in [0.1, 0.15) is 23.9 Å². The zero-order valence-corrected chi connectivity index (χ0v) is 15.0. The normalized spacial score (nSPS) is 12.1. The Morgan fingerprint density at radius 3 is 2.69 bits per heavy atom. The highest BCUT2D eigenvalue weighted by atomic mass is 32.2. The van der Waals surface area contributed by atoms with Crippen molar-refractivity contribution in [2.45, 2.75) is 30.8 Å². The molecule has 0 spiro atoms. The number of non-ortho nitro benzene ring substituents is 1. The quantitative estimate of drug-likeness (QED) is 0.268. The first-order chi connectivity index (χ1) is 12.5. The van der Waals surface area contributed by atoms with E-state index in [1.54, 1.807) is 18.2 Å². The standard InChI is InChI=1S/C16H16N6O3S/c1-4-9-21-11(3)17-20-16(21)26-10(2)14-18-19-15(25-14)12-5-7-13(8-6-12)22(23)24/h4-8,10H,1,9H2,2-3H3. The molecule has 3 rings (SSSR count). The first-order valence-electron chi connectivity index (χ1n) is 7.75. The average Bonchev–Trinajstić information content (AvgIpc) is 3.25. The second-order valence-corrected chi connectivity index (χ2v) is 6.75. The third kappa shape index (κ3) is 3.64.